The zero-order valence-corrected chi connectivity index (χ0v) is 22.2. The number of benzene rings is 2. The fourth-order valence-electron chi connectivity index (χ4n) is 3.46. The minimum Gasteiger partial charge on any atom is -0.445 e. The third-order valence-electron chi connectivity index (χ3n) is 5.77. The molecule has 0 saturated carbocycles. The van der Waals surface area contributed by atoms with Gasteiger partial charge in [-0.2, -0.15) is 0 Å². The van der Waals surface area contributed by atoms with Crippen molar-refractivity contribution in [1.82, 2.24) is 10.6 Å². The molecule has 2 rings (SSSR count). The smallest absolute Gasteiger partial charge is 0.408 e. The fourth-order valence-corrected chi connectivity index (χ4v) is 3.46. The Morgan fingerprint density at radius 2 is 1.11 bits per heavy atom. The molecule has 0 aliphatic rings. The van der Waals surface area contributed by atoms with Crippen molar-refractivity contribution >= 4 is 23.3 Å². The van der Waals surface area contributed by atoms with Gasteiger partial charge in [0.15, 0.2) is 0 Å². The van der Waals surface area contributed by atoms with Gasteiger partial charge in [0.2, 0.25) is 0 Å². The van der Waals surface area contributed by atoms with Crippen molar-refractivity contribution in [3.63, 3.8) is 0 Å². The summed E-state index contributed by atoms with van der Waals surface area (Å²) in [4.78, 5) is 24.5. The number of carbonyl (C=O) groups is 2. The Hall–Kier alpha value is -3.80. The molecule has 0 atom stereocenters. The van der Waals surface area contributed by atoms with E-state index in [1.807, 2.05) is 90.1 Å². The van der Waals surface area contributed by atoms with Crippen LogP contribution >= 0.6 is 0 Å². The zero-order chi connectivity index (χ0) is 26.9. The Balaban J connectivity index is 1.77. The molecule has 0 aliphatic carbocycles. The highest BCUT2D eigenvalue weighted by atomic mass is 16.6. The van der Waals surface area contributed by atoms with E-state index in [9.17, 15) is 9.59 Å². The molecule has 0 aliphatic heterocycles. The lowest BCUT2D eigenvalue weighted by atomic mass is 9.92. The number of carbonyl (C=O) groups excluding carboxylic acids is 2. The molecule has 0 heterocycles. The Morgan fingerprint density at radius 1 is 0.750 bits per heavy atom. The van der Waals surface area contributed by atoms with Gasteiger partial charge in [-0.15, -0.1) is 0 Å². The van der Waals surface area contributed by atoms with Crippen molar-refractivity contribution in [2.75, 3.05) is 13.2 Å². The topological polar surface area (TPSA) is 76.7 Å². The molecule has 0 unspecified atom stereocenters. The van der Waals surface area contributed by atoms with Crippen LogP contribution in [0.15, 0.2) is 73.8 Å². The number of alkyl carbamates (subject to hydrolysis) is 2. The lowest BCUT2D eigenvalue weighted by Crippen LogP contribution is -2.41. The summed E-state index contributed by atoms with van der Waals surface area (Å²) in [7, 11) is 0. The van der Waals surface area contributed by atoms with E-state index < -0.39 is 23.3 Å². The molecule has 0 fully saturated rings. The van der Waals surface area contributed by atoms with Gasteiger partial charge in [-0.1, -0.05) is 60.7 Å². The predicted molar refractivity (Wildman–Crippen MR) is 146 cm³/mol. The molecular weight excluding hydrogens is 452 g/mol. The second kappa shape index (κ2) is 12.2. The largest absolute Gasteiger partial charge is 0.445 e. The van der Waals surface area contributed by atoms with Crippen LogP contribution in [0.3, 0.4) is 0 Å². The Kier molecular flexibility index (Phi) is 9.68. The summed E-state index contributed by atoms with van der Waals surface area (Å²) in [5.41, 5.74) is 4.61. The number of hydrogen-bond acceptors (Lipinski definition) is 4. The molecule has 2 amide bonds. The molecule has 0 spiro atoms. The van der Waals surface area contributed by atoms with E-state index in [-0.39, 0.29) is 13.2 Å². The summed E-state index contributed by atoms with van der Waals surface area (Å²) in [5.74, 6) is 0. The van der Waals surface area contributed by atoms with Crippen molar-refractivity contribution in [2.45, 2.75) is 52.6 Å². The van der Waals surface area contributed by atoms with Gasteiger partial charge in [0.1, 0.15) is 13.2 Å². The summed E-state index contributed by atoms with van der Waals surface area (Å²) in [5, 5.41) is 5.75. The van der Waals surface area contributed by atoms with Gasteiger partial charge in [-0.05, 0) is 88.1 Å². The molecule has 36 heavy (non-hydrogen) atoms. The van der Waals surface area contributed by atoms with Crippen LogP contribution in [0.1, 0.15) is 63.8 Å². The summed E-state index contributed by atoms with van der Waals surface area (Å²) in [6.07, 6.45) is 2.18. The van der Waals surface area contributed by atoms with Crippen LogP contribution in [-0.2, 0) is 20.6 Å². The van der Waals surface area contributed by atoms with Crippen LogP contribution in [0.2, 0.25) is 0 Å². The van der Waals surface area contributed by atoms with Gasteiger partial charge in [0.05, 0.1) is 11.1 Å². The average Bonchev–Trinajstić information content (AvgIpc) is 2.80. The third kappa shape index (κ3) is 8.45. The quantitative estimate of drug-likeness (QED) is 0.354. The first kappa shape index (κ1) is 28.4. The first-order valence-electron chi connectivity index (χ1n) is 11.9. The number of allylic oxidation sites excluding steroid dienone is 2. The van der Waals surface area contributed by atoms with Crippen LogP contribution in [0.25, 0.3) is 11.1 Å². The van der Waals surface area contributed by atoms with Gasteiger partial charge < -0.3 is 20.1 Å². The maximum Gasteiger partial charge on any atom is 0.408 e. The molecule has 6 heteroatoms. The lowest BCUT2D eigenvalue weighted by Gasteiger charge is -2.27. The van der Waals surface area contributed by atoms with E-state index in [2.05, 4.69) is 23.8 Å². The standard InChI is InChI=1S/C30H38N2O4/c1-21(2)23-13-11-15-25(19-23)29(5,6)31-27(33)35-17-9-10-18-36-28(34)32-30(7,8)26-16-12-14-24(20-26)22(3)4/h9-16,19-20H,1,3,17-18H2,2,4-8H3,(H,31,33)(H,32,34)/b10-9-. The Bertz CT molecular complexity index is 1060. The van der Waals surface area contributed by atoms with E-state index in [0.717, 1.165) is 33.4 Å². The number of nitrogens with one attached hydrogen (secondary N) is 2. The van der Waals surface area contributed by atoms with E-state index in [1.165, 1.54) is 0 Å². The van der Waals surface area contributed by atoms with Crippen LogP contribution in [0, 0.1) is 0 Å². The van der Waals surface area contributed by atoms with Crippen molar-refractivity contribution < 1.29 is 19.1 Å². The molecule has 2 aromatic carbocycles. The van der Waals surface area contributed by atoms with E-state index in [0.29, 0.717) is 0 Å². The van der Waals surface area contributed by atoms with E-state index in [4.69, 9.17) is 9.47 Å². The summed E-state index contributed by atoms with van der Waals surface area (Å²) >= 11 is 0. The summed E-state index contributed by atoms with van der Waals surface area (Å²) < 4.78 is 10.5. The van der Waals surface area contributed by atoms with Crippen LogP contribution in [-0.4, -0.2) is 25.4 Å². The molecule has 0 bridgehead atoms. The molecule has 192 valence electrons. The van der Waals surface area contributed by atoms with Crippen LogP contribution < -0.4 is 10.6 Å². The summed E-state index contributed by atoms with van der Waals surface area (Å²) in [6, 6.07) is 15.7. The molecule has 0 saturated heterocycles. The van der Waals surface area contributed by atoms with Crippen molar-refractivity contribution in [3.05, 3.63) is 96.1 Å². The maximum absolute atomic E-state index is 12.3. The normalized spacial score (nSPS) is 11.6. The molecule has 6 nitrogen and oxygen atoms in total. The molecule has 0 radical (unpaired) electrons. The lowest BCUT2D eigenvalue weighted by molar-refractivity contribution is 0.143. The van der Waals surface area contributed by atoms with Crippen LogP contribution in [0.4, 0.5) is 9.59 Å². The van der Waals surface area contributed by atoms with Crippen LogP contribution in [0.5, 0.6) is 0 Å². The van der Waals surface area contributed by atoms with E-state index >= 15 is 0 Å². The number of rotatable bonds is 10. The minimum atomic E-state index is -0.621. The van der Waals surface area contributed by atoms with Crippen molar-refractivity contribution in [3.8, 4) is 0 Å². The van der Waals surface area contributed by atoms with Gasteiger partial charge in [-0.25, -0.2) is 9.59 Å². The highest BCUT2D eigenvalue weighted by Gasteiger charge is 2.25. The highest BCUT2D eigenvalue weighted by Crippen LogP contribution is 2.24. The molecule has 2 N–H and O–H groups in total. The Morgan fingerprint density at radius 3 is 1.44 bits per heavy atom. The average molecular weight is 491 g/mol. The van der Waals surface area contributed by atoms with Gasteiger partial charge >= 0.3 is 12.2 Å². The van der Waals surface area contributed by atoms with Gasteiger partial charge in [0.25, 0.3) is 0 Å². The first-order chi connectivity index (χ1) is 16.8. The minimum absolute atomic E-state index is 0.0535. The Labute approximate surface area is 215 Å². The highest BCUT2D eigenvalue weighted by molar-refractivity contribution is 5.70. The van der Waals surface area contributed by atoms with Gasteiger partial charge in [-0.3, -0.25) is 0 Å². The maximum atomic E-state index is 12.3. The monoisotopic (exact) mass is 490 g/mol. The number of ether oxygens (including phenoxy) is 2. The predicted octanol–water partition coefficient (Wildman–Crippen LogP) is 6.93. The SMILES string of the molecule is C=C(C)c1cccc(C(C)(C)NC(=O)OC/C=C\COC(=O)NC(C)(C)c2cccc(C(=C)C)c2)c1. The number of hydrogen-bond donors (Lipinski definition) is 2. The van der Waals surface area contributed by atoms with Gasteiger partial charge in [0, 0.05) is 0 Å². The zero-order valence-electron chi connectivity index (χ0n) is 22.2. The summed E-state index contributed by atoms with van der Waals surface area (Å²) in [6.45, 7) is 19.6. The van der Waals surface area contributed by atoms with E-state index in [1.54, 1.807) is 12.2 Å². The number of amides is 2. The second-order valence-electron chi connectivity index (χ2n) is 9.89. The second-order valence-corrected chi connectivity index (χ2v) is 9.89. The first-order valence-corrected chi connectivity index (χ1v) is 11.9. The third-order valence-corrected chi connectivity index (χ3v) is 5.77. The fraction of sp³-hybridized carbons (Fsp3) is 0.333. The molecule has 2 aromatic rings. The van der Waals surface area contributed by atoms with Crippen molar-refractivity contribution in [2.24, 2.45) is 0 Å². The van der Waals surface area contributed by atoms with Crippen molar-refractivity contribution in [1.29, 1.82) is 0 Å². The molecular formula is C30H38N2O4. The molecule has 0 aromatic heterocycles.